The van der Waals surface area contributed by atoms with Crippen molar-refractivity contribution in [3.63, 3.8) is 0 Å². The number of carbonyl (C=O) groups is 3. The van der Waals surface area contributed by atoms with Crippen molar-refractivity contribution in [2.45, 2.75) is 61.6 Å². The molecule has 4 heterocycles. The van der Waals surface area contributed by atoms with E-state index in [1.807, 2.05) is 66.4 Å². The maximum atomic E-state index is 14.8. The molecule has 1 unspecified atom stereocenters. The lowest BCUT2D eigenvalue weighted by Gasteiger charge is -2.37. The number of aliphatic hydroxyl groups is 1. The van der Waals surface area contributed by atoms with E-state index in [1.54, 1.807) is 27.6 Å². The number of rotatable bonds is 9. The van der Waals surface area contributed by atoms with Crippen LogP contribution in [0.2, 0.25) is 5.02 Å². The summed E-state index contributed by atoms with van der Waals surface area (Å²) < 4.78 is -1.56. The van der Waals surface area contributed by atoms with Crippen molar-refractivity contribution < 1.29 is 19.5 Å². The molecule has 44 heavy (non-hydrogen) atoms. The third kappa shape index (κ3) is 5.19. The number of aliphatic hydroxyl groups excluding tert-OH is 1. The van der Waals surface area contributed by atoms with E-state index in [2.05, 4.69) is 19.1 Å². The maximum Gasteiger partial charge on any atom is 0.251 e. The first-order chi connectivity index (χ1) is 21.2. The lowest BCUT2D eigenvalue weighted by Crippen LogP contribution is -2.53. The molecule has 4 aliphatic heterocycles. The van der Waals surface area contributed by atoms with Crippen LogP contribution in [0.4, 0.5) is 5.69 Å². The van der Waals surface area contributed by atoms with Gasteiger partial charge in [-0.05, 0) is 43.9 Å². The number of unbranched alkanes of at least 4 members (excludes halogenated alkanes) is 3. The molecule has 0 saturated carbocycles. The van der Waals surface area contributed by atoms with E-state index in [-0.39, 0.29) is 24.3 Å². The molecule has 0 radical (unpaired) electrons. The van der Waals surface area contributed by atoms with Gasteiger partial charge >= 0.3 is 0 Å². The molecule has 7 nitrogen and oxygen atoms in total. The molecule has 0 aliphatic carbocycles. The minimum absolute atomic E-state index is 0.0449. The van der Waals surface area contributed by atoms with Gasteiger partial charge in [0.1, 0.15) is 6.04 Å². The van der Waals surface area contributed by atoms with Gasteiger partial charge in [-0.3, -0.25) is 14.4 Å². The fourth-order valence-electron chi connectivity index (χ4n) is 7.67. The van der Waals surface area contributed by atoms with E-state index < -0.39 is 27.4 Å². The number of amides is 3. The molecule has 2 fully saturated rings. The summed E-state index contributed by atoms with van der Waals surface area (Å²) in [6.07, 6.45) is 11.3. The highest BCUT2D eigenvalue weighted by molar-refractivity contribution is 8.02. The van der Waals surface area contributed by atoms with Gasteiger partial charge in [0.05, 0.1) is 27.3 Å². The molecular weight excluding hydrogens is 594 g/mol. The van der Waals surface area contributed by atoms with Gasteiger partial charge in [-0.15, -0.1) is 11.8 Å². The molecule has 0 aromatic heterocycles. The highest BCUT2D eigenvalue weighted by Gasteiger charge is 2.73. The Balaban J connectivity index is 1.41. The number of anilines is 1. The molecule has 4 aliphatic rings. The van der Waals surface area contributed by atoms with Gasteiger partial charge in [-0.2, -0.15) is 0 Å². The molecule has 2 saturated heterocycles. The molecule has 1 N–H and O–H groups in total. The summed E-state index contributed by atoms with van der Waals surface area (Å²) in [5.74, 6) is -1.63. The van der Waals surface area contributed by atoms with E-state index in [4.69, 9.17) is 11.6 Å². The van der Waals surface area contributed by atoms with E-state index in [0.717, 1.165) is 24.0 Å². The largest absolute Gasteiger partial charge is 0.396 e. The summed E-state index contributed by atoms with van der Waals surface area (Å²) in [6.45, 7) is 5.82. The van der Waals surface area contributed by atoms with E-state index in [0.29, 0.717) is 49.7 Å². The van der Waals surface area contributed by atoms with E-state index in [9.17, 15) is 19.5 Å². The van der Waals surface area contributed by atoms with Gasteiger partial charge in [0.25, 0.3) is 5.91 Å². The summed E-state index contributed by atoms with van der Waals surface area (Å²) >= 11 is 8.29. The molecule has 232 valence electrons. The molecule has 1 spiro atoms. The monoisotopic (exact) mass is 633 g/mol. The van der Waals surface area contributed by atoms with Crippen LogP contribution in [0.5, 0.6) is 0 Å². The normalized spacial score (nSPS) is 29.5. The Morgan fingerprint density at radius 3 is 2.39 bits per heavy atom. The number of nitrogens with zero attached hydrogens (tertiary/aromatic N) is 3. The van der Waals surface area contributed by atoms with Crippen LogP contribution >= 0.6 is 23.4 Å². The van der Waals surface area contributed by atoms with Crippen molar-refractivity contribution in [2.75, 3.05) is 31.1 Å². The third-order valence-electron chi connectivity index (χ3n) is 9.62. The first kappa shape index (κ1) is 30.9. The quantitative estimate of drug-likeness (QED) is 0.296. The summed E-state index contributed by atoms with van der Waals surface area (Å²) in [6, 6.07) is 14.7. The Morgan fingerprint density at radius 2 is 1.64 bits per heavy atom. The summed E-state index contributed by atoms with van der Waals surface area (Å²) in [5, 5.41) is 9.74. The maximum absolute atomic E-state index is 14.8. The zero-order valence-corrected chi connectivity index (χ0v) is 26.9. The van der Waals surface area contributed by atoms with Gasteiger partial charge in [-0.1, -0.05) is 91.2 Å². The number of carbonyl (C=O) groups excluding carboxylic acids is 3. The Labute approximate surface area is 268 Å². The highest BCUT2D eigenvalue weighted by Crippen LogP contribution is 2.65. The Bertz CT molecular complexity index is 1480. The SMILES string of the molecule is Cc1cccc(Cl)c1N1CC=C[C@]23S[C@@]4(C)C=CCN(Cc5ccccc5)C(=O)[C@H]4[C@H]2C(=O)N(CCCCCCO)C3C1=O. The highest BCUT2D eigenvalue weighted by atomic mass is 35.5. The van der Waals surface area contributed by atoms with Crippen LogP contribution in [0.15, 0.2) is 72.8 Å². The van der Waals surface area contributed by atoms with Crippen molar-refractivity contribution in [3.05, 3.63) is 89.0 Å². The van der Waals surface area contributed by atoms with Crippen molar-refractivity contribution in [1.29, 1.82) is 0 Å². The second kappa shape index (κ2) is 12.4. The van der Waals surface area contributed by atoms with Gasteiger partial charge in [0.15, 0.2) is 0 Å². The molecule has 2 aromatic carbocycles. The fourth-order valence-corrected chi connectivity index (χ4v) is 10.2. The Hall–Kier alpha value is -3.07. The number of para-hydroxylation sites is 1. The predicted molar refractivity (Wildman–Crippen MR) is 175 cm³/mol. The number of benzene rings is 2. The van der Waals surface area contributed by atoms with Crippen molar-refractivity contribution >= 4 is 46.8 Å². The van der Waals surface area contributed by atoms with Crippen LogP contribution in [0.25, 0.3) is 0 Å². The van der Waals surface area contributed by atoms with Crippen LogP contribution in [0.1, 0.15) is 43.7 Å². The average molecular weight is 634 g/mol. The summed E-state index contributed by atoms with van der Waals surface area (Å²) in [5.41, 5.74) is 2.58. The number of thioether (sulfide) groups is 1. The topological polar surface area (TPSA) is 81.2 Å². The van der Waals surface area contributed by atoms with Crippen molar-refractivity contribution in [1.82, 2.24) is 9.80 Å². The lowest BCUT2D eigenvalue weighted by molar-refractivity contribution is -0.144. The van der Waals surface area contributed by atoms with Crippen LogP contribution in [0.3, 0.4) is 0 Å². The first-order valence-electron chi connectivity index (χ1n) is 15.6. The second-order valence-electron chi connectivity index (χ2n) is 12.5. The van der Waals surface area contributed by atoms with Gasteiger partial charge in [0.2, 0.25) is 11.8 Å². The molecule has 6 rings (SSSR count). The second-order valence-corrected chi connectivity index (χ2v) is 14.7. The number of likely N-dealkylation sites (tertiary alicyclic amines) is 1. The molecule has 5 atom stereocenters. The molecule has 2 aromatic rings. The van der Waals surface area contributed by atoms with Crippen molar-refractivity contribution in [2.24, 2.45) is 11.8 Å². The molecule has 3 amide bonds. The predicted octanol–water partition coefficient (Wildman–Crippen LogP) is 5.39. The zero-order valence-electron chi connectivity index (χ0n) is 25.3. The minimum Gasteiger partial charge on any atom is -0.396 e. The number of hydrogen-bond donors (Lipinski definition) is 1. The number of halogens is 1. The Kier molecular flexibility index (Phi) is 8.70. The zero-order chi connectivity index (χ0) is 31.1. The first-order valence-corrected chi connectivity index (χ1v) is 16.8. The molecule has 0 bridgehead atoms. The van der Waals surface area contributed by atoms with Crippen molar-refractivity contribution in [3.8, 4) is 0 Å². The summed E-state index contributed by atoms with van der Waals surface area (Å²) in [4.78, 5) is 49.3. The minimum atomic E-state index is -0.904. The van der Waals surface area contributed by atoms with Crippen LogP contribution in [-0.4, -0.2) is 74.4 Å². The number of aryl methyl sites for hydroxylation is 1. The number of fused-ring (bicyclic) bond motifs is 2. The molecule has 9 heteroatoms. The van der Waals surface area contributed by atoms with Gasteiger partial charge in [-0.25, -0.2) is 0 Å². The van der Waals surface area contributed by atoms with Crippen LogP contribution in [-0.2, 0) is 20.9 Å². The standard InChI is InChI=1S/C35H40ClN3O4S/c1-24-13-10-16-26(36)29(24)38-21-12-18-35-28(32(42)39(30(35)33(38)43)20-8-3-4-9-22-40)27-31(41)37(19-11-17-34(27,2)44-35)23-25-14-6-5-7-15-25/h5-7,10-18,27-28,30,40H,3-4,8-9,19-23H2,1-2H3/t27-,28+,30?,34+,35+/m1/s1. The average Bonchev–Trinajstić information content (AvgIpc) is 3.27. The summed E-state index contributed by atoms with van der Waals surface area (Å²) in [7, 11) is 0. The Morgan fingerprint density at radius 1 is 0.886 bits per heavy atom. The fraction of sp³-hybridized carbons (Fsp3) is 0.457. The van der Waals surface area contributed by atoms with Crippen LogP contribution in [0, 0.1) is 18.8 Å². The molecular formula is C35H40ClN3O4S. The van der Waals surface area contributed by atoms with Gasteiger partial charge < -0.3 is 19.8 Å². The smallest absolute Gasteiger partial charge is 0.251 e. The van der Waals surface area contributed by atoms with Crippen LogP contribution < -0.4 is 4.90 Å². The lowest BCUT2D eigenvalue weighted by atomic mass is 9.74. The van der Waals surface area contributed by atoms with Gasteiger partial charge in [0, 0.05) is 37.5 Å². The van der Waals surface area contributed by atoms with E-state index in [1.165, 1.54) is 0 Å². The van der Waals surface area contributed by atoms with E-state index >= 15 is 0 Å². The number of hydrogen-bond acceptors (Lipinski definition) is 5. The third-order valence-corrected chi connectivity index (χ3v) is 11.7.